The van der Waals surface area contributed by atoms with Crippen molar-refractivity contribution in [2.24, 2.45) is 0 Å². The molecule has 1 aliphatic rings. The minimum absolute atomic E-state index is 0.0661. The van der Waals surface area contributed by atoms with Crippen molar-refractivity contribution in [3.8, 4) is 5.75 Å². The Morgan fingerprint density at radius 3 is 2.47 bits per heavy atom. The van der Waals surface area contributed by atoms with Gasteiger partial charge >= 0.3 is 6.36 Å². The highest BCUT2D eigenvalue weighted by atomic mass is 35.5. The van der Waals surface area contributed by atoms with E-state index in [1.165, 1.54) is 12.1 Å². The van der Waals surface area contributed by atoms with Crippen LogP contribution in [0.5, 0.6) is 5.75 Å². The van der Waals surface area contributed by atoms with Crippen LogP contribution >= 0.6 is 11.6 Å². The molecule has 0 N–H and O–H groups in total. The summed E-state index contributed by atoms with van der Waals surface area (Å²) in [7, 11) is 0. The zero-order chi connectivity index (χ0) is 12.6. The van der Waals surface area contributed by atoms with Gasteiger partial charge in [0.05, 0.1) is 0 Å². The molecule has 17 heavy (non-hydrogen) atoms. The third kappa shape index (κ3) is 2.72. The minimum atomic E-state index is -4.74. The predicted molar refractivity (Wildman–Crippen MR) is 55.1 cm³/mol. The maximum atomic E-state index is 12.0. The van der Waals surface area contributed by atoms with Gasteiger partial charge in [0.1, 0.15) is 11.5 Å². The molecule has 0 bridgehead atoms. The number of Topliss-reactive ketones (excluding diaryl/α,β-unsaturated/α-hetero) is 1. The third-order valence-corrected chi connectivity index (χ3v) is 2.98. The number of carbonyl (C=O) groups excluding carboxylic acids is 1. The molecule has 2 nitrogen and oxygen atoms in total. The van der Waals surface area contributed by atoms with Gasteiger partial charge in [-0.1, -0.05) is 17.7 Å². The predicted octanol–water partition coefficient (Wildman–Crippen LogP) is 3.69. The van der Waals surface area contributed by atoms with Crippen LogP contribution in [0.25, 0.3) is 0 Å². The highest BCUT2D eigenvalue weighted by Crippen LogP contribution is 2.38. The summed E-state index contributed by atoms with van der Waals surface area (Å²) < 4.78 is 39.6. The van der Waals surface area contributed by atoms with Crippen molar-refractivity contribution in [2.75, 3.05) is 0 Å². The standard InChI is InChI=1S/C11H8ClF3O2/c12-9-5-6(17-11(13,14)15)1-2-7(9)8-3-4-10(8)16/h1-2,5,8H,3-4H2. The van der Waals surface area contributed by atoms with E-state index in [4.69, 9.17) is 11.6 Å². The van der Waals surface area contributed by atoms with Crippen molar-refractivity contribution >= 4 is 17.4 Å². The van der Waals surface area contributed by atoms with Crippen LogP contribution in [0.1, 0.15) is 24.3 Å². The van der Waals surface area contributed by atoms with Gasteiger partial charge in [0, 0.05) is 17.4 Å². The average Bonchev–Trinajstić information content (AvgIpc) is 2.17. The van der Waals surface area contributed by atoms with Crippen LogP contribution in [0.3, 0.4) is 0 Å². The molecular weight excluding hydrogens is 257 g/mol. The van der Waals surface area contributed by atoms with Crippen molar-refractivity contribution < 1.29 is 22.7 Å². The highest BCUT2D eigenvalue weighted by Gasteiger charge is 2.33. The Morgan fingerprint density at radius 1 is 1.35 bits per heavy atom. The Balaban J connectivity index is 2.20. The fourth-order valence-corrected chi connectivity index (χ4v) is 2.03. The number of benzene rings is 1. The van der Waals surface area contributed by atoms with Gasteiger partial charge in [-0.3, -0.25) is 4.79 Å². The topological polar surface area (TPSA) is 26.3 Å². The summed E-state index contributed by atoms with van der Waals surface area (Å²) in [6.07, 6.45) is -3.54. The minimum Gasteiger partial charge on any atom is -0.406 e. The van der Waals surface area contributed by atoms with E-state index >= 15 is 0 Å². The quantitative estimate of drug-likeness (QED) is 0.814. The molecule has 0 heterocycles. The second kappa shape index (κ2) is 4.22. The maximum absolute atomic E-state index is 12.0. The van der Waals surface area contributed by atoms with Gasteiger partial charge in [-0.15, -0.1) is 13.2 Å². The summed E-state index contributed by atoms with van der Waals surface area (Å²) in [5.41, 5.74) is 0.567. The molecule has 1 fully saturated rings. The van der Waals surface area contributed by atoms with Crippen LogP contribution in [0.2, 0.25) is 5.02 Å². The van der Waals surface area contributed by atoms with E-state index in [9.17, 15) is 18.0 Å². The molecule has 1 atom stereocenters. The van der Waals surface area contributed by atoms with Gasteiger partial charge < -0.3 is 4.74 Å². The summed E-state index contributed by atoms with van der Waals surface area (Å²) >= 11 is 5.83. The maximum Gasteiger partial charge on any atom is 0.573 e. The Hall–Kier alpha value is -1.23. The first-order chi connectivity index (χ1) is 7.87. The lowest BCUT2D eigenvalue weighted by atomic mass is 9.78. The van der Waals surface area contributed by atoms with Gasteiger partial charge in [-0.25, -0.2) is 0 Å². The van der Waals surface area contributed by atoms with Crippen molar-refractivity contribution in [3.05, 3.63) is 28.8 Å². The van der Waals surface area contributed by atoms with Gasteiger partial charge in [-0.2, -0.15) is 0 Å². The number of carbonyl (C=O) groups is 1. The number of hydrogen-bond acceptors (Lipinski definition) is 2. The van der Waals surface area contributed by atoms with E-state index in [-0.39, 0.29) is 22.5 Å². The number of rotatable bonds is 2. The van der Waals surface area contributed by atoms with Crippen molar-refractivity contribution in [2.45, 2.75) is 25.1 Å². The lowest BCUT2D eigenvalue weighted by molar-refractivity contribution is -0.274. The number of halogens is 4. The molecule has 0 saturated heterocycles. The molecule has 1 unspecified atom stereocenters. The molecular formula is C11H8ClF3O2. The molecule has 2 rings (SSSR count). The molecule has 0 amide bonds. The molecule has 0 radical (unpaired) electrons. The first kappa shape index (κ1) is 12.2. The zero-order valence-electron chi connectivity index (χ0n) is 8.55. The van der Waals surface area contributed by atoms with Gasteiger partial charge in [0.2, 0.25) is 0 Å². The lowest BCUT2D eigenvalue weighted by Crippen LogP contribution is -2.23. The van der Waals surface area contributed by atoms with E-state index < -0.39 is 6.36 Å². The number of alkyl halides is 3. The van der Waals surface area contributed by atoms with E-state index in [0.29, 0.717) is 18.4 Å². The van der Waals surface area contributed by atoms with Crippen molar-refractivity contribution in [1.82, 2.24) is 0 Å². The van der Waals surface area contributed by atoms with Crippen LogP contribution in [0.15, 0.2) is 18.2 Å². The van der Waals surface area contributed by atoms with Crippen molar-refractivity contribution in [3.63, 3.8) is 0 Å². The SMILES string of the molecule is O=C1CCC1c1ccc(OC(F)(F)F)cc1Cl. The van der Waals surface area contributed by atoms with Crippen LogP contribution in [0, 0.1) is 0 Å². The highest BCUT2D eigenvalue weighted by molar-refractivity contribution is 6.31. The summed E-state index contributed by atoms with van der Waals surface area (Å²) in [5, 5.41) is 0.129. The third-order valence-electron chi connectivity index (χ3n) is 2.65. The zero-order valence-corrected chi connectivity index (χ0v) is 9.31. The molecule has 1 aromatic carbocycles. The van der Waals surface area contributed by atoms with Gasteiger partial charge in [0.25, 0.3) is 0 Å². The summed E-state index contributed by atoms with van der Waals surface area (Å²) in [5.74, 6) is -0.586. The number of ketones is 1. The Bertz CT molecular complexity index is 457. The largest absolute Gasteiger partial charge is 0.573 e. The molecule has 92 valence electrons. The van der Waals surface area contributed by atoms with E-state index in [1.807, 2.05) is 0 Å². The summed E-state index contributed by atoms with van der Waals surface area (Å²) in [6, 6.07) is 3.65. The average molecular weight is 265 g/mol. The second-order valence-electron chi connectivity index (χ2n) is 3.79. The smallest absolute Gasteiger partial charge is 0.406 e. The fraction of sp³-hybridized carbons (Fsp3) is 0.364. The Morgan fingerprint density at radius 2 is 2.06 bits per heavy atom. The van der Waals surface area contributed by atoms with Crippen LogP contribution < -0.4 is 4.74 Å². The van der Waals surface area contributed by atoms with E-state index in [2.05, 4.69) is 4.74 Å². The molecule has 6 heteroatoms. The summed E-state index contributed by atoms with van der Waals surface area (Å²) in [6.45, 7) is 0. The van der Waals surface area contributed by atoms with Crippen LogP contribution in [0.4, 0.5) is 13.2 Å². The van der Waals surface area contributed by atoms with Crippen LogP contribution in [-0.2, 0) is 4.79 Å². The van der Waals surface area contributed by atoms with Gasteiger partial charge in [0.15, 0.2) is 0 Å². The lowest BCUT2D eigenvalue weighted by Gasteiger charge is -2.25. The monoisotopic (exact) mass is 264 g/mol. The number of ether oxygens (including phenoxy) is 1. The van der Waals surface area contributed by atoms with Gasteiger partial charge in [-0.05, 0) is 24.1 Å². The normalized spacial score (nSPS) is 20.0. The van der Waals surface area contributed by atoms with Crippen molar-refractivity contribution in [1.29, 1.82) is 0 Å². The molecule has 0 spiro atoms. The molecule has 0 aliphatic heterocycles. The fourth-order valence-electron chi connectivity index (χ4n) is 1.72. The van der Waals surface area contributed by atoms with Crippen LogP contribution in [-0.4, -0.2) is 12.1 Å². The molecule has 1 saturated carbocycles. The van der Waals surface area contributed by atoms with E-state index in [1.54, 1.807) is 0 Å². The number of hydrogen-bond donors (Lipinski definition) is 0. The Kier molecular flexibility index (Phi) is 3.03. The van der Waals surface area contributed by atoms with E-state index in [0.717, 1.165) is 6.07 Å². The molecule has 0 aromatic heterocycles. The summed E-state index contributed by atoms with van der Waals surface area (Å²) in [4.78, 5) is 11.2. The second-order valence-corrected chi connectivity index (χ2v) is 4.20. The first-order valence-electron chi connectivity index (χ1n) is 4.95. The molecule has 1 aliphatic carbocycles. The Labute approximate surface area is 100 Å². The first-order valence-corrected chi connectivity index (χ1v) is 5.32. The molecule has 1 aromatic rings.